The van der Waals surface area contributed by atoms with Crippen molar-refractivity contribution in [3.05, 3.63) is 119 Å². The van der Waals surface area contributed by atoms with E-state index in [1.54, 1.807) is 112 Å². The van der Waals surface area contributed by atoms with Gasteiger partial charge < -0.3 is 19.3 Å². The van der Waals surface area contributed by atoms with E-state index in [-0.39, 0.29) is 5.57 Å². The number of ketones is 2. The number of aliphatic hydroxyl groups excluding tert-OH is 1. The monoisotopic (exact) mass is 496 g/mol. The Morgan fingerprint density at radius 2 is 0.838 bits per heavy atom. The number of aliphatic hydroxyl groups is 1. The molecule has 6 nitrogen and oxygen atoms in total. The van der Waals surface area contributed by atoms with Crippen molar-refractivity contribution in [2.24, 2.45) is 0 Å². The molecule has 1 N–H and O–H groups in total. The number of carbonyl (C=O) groups excluding carboxylic acids is 2. The van der Waals surface area contributed by atoms with Gasteiger partial charge in [0, 0.05) is 0 Å². The predicted octanol–water partition coefficient (Wildman–Crippen LogP) is 6.10. The van der Waals surface area contributed by atoms with Gasteiger partial charge in [-0.15, -0.1) is 0 Å². The molecule has 0 aromatic heterocycles. The summed E-state index contributed by atoms with van der Waals surface area (Å²) in [6.45, 7) is 0. The third-order valence-corrected chi connectivity index (χ3v) is 5.38. The van der Waals surface area contributed by atoms with Crippen LogP contribution in [0.1, 0.15) is 16.7 Å². The number of hydrogen-bond acceptors (Lipinski definition) is 6. The zero-order valence-electron chi connectivity index (χ0n) is 20.9. The van der Waals surface area contributed by atoms with E-state index in [2.05, 4.69) is 0 Å². The van der Waals surface area contributed by atoms with Gasteiger partial charge in [-0.25, -0.2) is 0 Å². The normalized spacial score (nSPS) is 11.1. The average Bonchev–Trinajstić information content (AvgIpc) is 2.94. The molecule has 0 saturated heterocycles. The molecule has 0 saturated carbocycles. The van der Waals surface area contributed by atoms with E-state index >= 15 is 0 Å². The van der Waals surface area contributed by atoms with E-state index in [9.17, 15) is 14.7 Å². The van der Waals surface area contributed by atoms with Gasteiger partial charge in [-0.3, -0.25) is 9.59 Å². The molecule has 0 spiro atoms. The van der Waals surface area contributed by atoms with Gasteiger partial charge in [0.15, 0.2) is 11.6 Å². The van der Waals surface area contributed by atoms with E-state index in [4.69, 9.17) is 14.2 Å². The van der Waals surface area contributed by atoms with Crippen molar-refractivity contribution in [3.63, 3.8) is 0 Å². The Morgan fingerprint density at radius 3 is 1.14 bits per heavy atom. The second-order valence-electron chi connectivity index (χ2n) is 7.81. The molecule has 37 heavy (non-hydrogen) atoms. The molecule has 0 radical (unpaired) electrons. The van der Waals surface area contributed by atoms with Gasteiger partial charge in [-0.1, -0.05) is 54.6 Å². The summed E-state index contributed by atoms with van der Waals surface area (Å²) >= 11 is 0. The van der Waals surface area contributed by atoms with Crippen LogP contribution in [0.2, 0.25) is 0 Å². The minimum absolute atomic E-state index is 0.348. The van der Waals surface area contributed by atoms with Gasteiger partial charge in [0.25, 0.3) is 0 Å². The summed E-state index contributed by atoms with van der Waals surface area (Å²) in [7, 11) is 4.71. The number of allylic oxidation sites excluding steroid dienone is 4. The van der Waals surface area contributed by atoms with Crippen LogP contribution in [-0.2, 0) is 9.59 Å². The molecule has 0 aliphatic carbocycles. The molecular weight excluding hydrogens is 468 g/mol. The summed E-state index contributed by atoms with van der Waals surface area (Å²) in [6, 6.07) is 21.3. The van der Waals surface area contributed by atoms with Gasteiger partial charge >= 0.3 is 0 Å². The van der Waals surface area contributed by atoms with E-state index in [1.807, 2.05) is 0 Å². The Bertz CT molecular complexity index is 1250. The Kier molecular flexibility index (Phi) is 9.62. The Labute approximate surface area is 216 Å². The quantitative estimate of drug-likeness (QED) is 0.114. The molecule has 0 bridgehead atoms. The standard InChI is InChI=1S/C31H28O6/c1-35-25-13-4-22(5-14-25)10-19-28(32)31(29(33)20-11-23-6-15-26(36-2)16-7-23)30(34)21-12-24-8-17-27(37-3)18-9-24/h4-21,32H,1-3H3/b19-10+,20-11+,21-12+. The third kappa shape index (κ3) is 7.83. The largest absolute Gasteiger partial charge is 0.507 e. The summed E-state index contributed by atoms with van der Waals surface area (Å²) in [5, 5.41) is 10.8. The highest BCUT2D eigenvalue weighted by molar-refractivity contribution is 6.29. The highest BCUT2D eigenvalue weighted by atomic mass is 16.5. The van der Waals surface area contributed by atoms with Gasteiger partial charge in [-0.05, 0) is 71.3 Å². The summed E-state index contributed by atoms with van der Waals surface area (Å²) in [4.78, 5) is 26.1. The van der Waals surface area contributed by atoms with Crippen LogP contribution in [0.5, 0.6) is 17.2 Å². The Balaban J connectivity index is 1.89. The van der Waals surface area contributed by atoms with Crippen LogP contribution in [-0.4, -0.2) is 38.0 Å². The molecule has 0 heterocycles. The van der Waals surface area contributed by atoms with E-state index in [1.165, 1.54) is 18.2 Å². The summed E-state index contributed by atoms with van der Waals surface area (Å²) < 4.78 is 15.4. The molecule has 188 valence electrons. The van der Waals surface area contributed by atoms with Crippen molar-refractivity contribution in [1.29, 1.82) is 0 Å². The minimum atomic E-state index is -0.628. The smallest absolute Gasteiger partial charge is 0.193 e. The molecule has 3 rings (SSSR count). The minimum Gasteiger partial charge on any atom is -0.507 e. The summed E-state index contributed by atoms with van der Waals surface area (Å²) in [5.41, 5.74) is 1.89. The lowest BCUT2D eigenvalue weighted by molar-refractivity contribution is -0.117. The van der Waals surface area contributed by atoms with Gasteiger partial charge in [0.2, 0.25) is 0 Å². The average molecular weight is 497 g/mol. The fraction of sp³-hybridized carbons (Fsp3) is 0.0968. The Hall–Kier alpha value is -4.84. The first-order chi connectivity index (χ1) is 17.9. The second kappa shape index (κ2) is 13.3. The molecule has 6 heteroatoms. The van der Waals surface area contributed by atoms with Crippen molar-refractivity contribution in [2.45, 2.75) is 0 Å². The lowest BCUT2D eigenvalue weighted by Gasteiger charge is -2.04. The van der Waals surface area contributed by atoms with Crippen molar-refractivity contribution in [2.75, 3.05) is 21.3 Å². The number of ether oxygens (including phenoxy) is 3. The topological polar surface area (TPSA) is 82.1 Å². The lowest BCUT2D eigenvalue weighted by Crippen LogP contribution is -2.11. The number of rotatable bonds is 11. The number of methoxy groups -OCH3 is 3. The van der Waals surface area contributed by atoms with Crippen molar-refractivity contribution < 1.29 is 28.9 Å². The molecule has 0 atom stereocenters. The van der Waals surface area contributed by atoms with Crippen LogP contribution >= 0.6 is 0 Å². The van der Waals surface area contributed by atoms with Crippen molar-refractivity contribution in [3.8, 4) is 17.2 Å². The summed E-state index contributed by atoms with van der Waals surface area (Å²) in [5.74, 6) is 0.363. The lowest BCUT2D eigenvalue weighted by atomic mass is 10.0. The van der Waals surface area contributed by atoms with Crippen molar-refractivity contribution in [1.82, 2.24) is 0 Å². The van der Waals surface area contributed by atoms with Gasteiger partial charge in [0.1, 0.15) is 28.6 Å². The summed E-state index contributed by atoms with van der Waals surface area (Å²) in [6.07, 6.45) is 8.60. The first kappa shape index (κ1) is 26.8. The van der Waals surface area contributed by atoms with Crippen LogP contribution in [0.15, 0.2) is 102 Å². The van der Waals surface area contributed by atoms with Crippen LogP contribution in [0.25, 0.3) is 18.2 Å². The second-order valence-corrected chi connectivity index (χ2v) is 7.81. The molecular formula is C31H28O6. The number of carbonyl (C=O) groups is 2. The van der Waals surface area contributed by atoms with Gasteiger partial charge in [0.05, 0.1) is 21.3 Å². The molecule has 3 aromatic carbocycles. The van der Waals surface area contributed by atoms with Crippen LogP contribution in [0.4, 0.5) is 0 Å². The maximum atomic E-state index is 13.1. The zero-order chi connectivity index (χ0) is 26.6. The molecule has 0 aliphatic heterocycles. The maximum Gasteiger partial charge on any atom is 0.193 e. The van der Waals surface area contributed by atoms with E-state index < -0.39 is 17.3 Å². The third-order valence-electron chi connectivity index (χ3n) is 5.38. The maximum absolute atomic E-state index is 13.1. The SMILES string of the molecule is COc1ccc(/C=C/C(=O)C(C(=O)/C=C/c2ccc(OC)cc2)=C(O)/C=C/c2ccc(OC)cc2)cc1. The zero-order valence-corrected chi connectivity index (χ0v) is 20.9. The van der Waals surface area contributed by atoms with Gasteiger partial charge in [-0.2, -0.15) is 0 Å². The molecule has 3 aromatic rings. The highest BCUT2D eigenvalue weighted by Gasteiger charge is 2.18. The van der Waals surface area contributed by atoms with Crippen LogP contribution in [0.3, 0.4) is 0 Å². The first-order valence-corrected chi connectivity index (χ1v) is 11.4. The fourth-order valence-electron chi connectivity index (χ4n) is 3.29. The number of benzene rings is 3. The highest BCUT2D eigenvalue weighted by Crippen LogP contribution is 2.18. The van der Waals surface area contributed by atoms with E-state index in [0.717, 1.165) is 16.7 Å². The predicted molar refractivity (Wildman–Crippen MR) is 146 cm³/mol. The van der Waals surface area contributed by atoms with E-state index in [0.29, 0.717) is 17.2 Å². The van der Waals surface area contributed by atoms with Crippen LogP contribution < -0.4 is 14.2 Å². The molecule has 0 amide bonds. The molecule has 0 fully saturated rings. The molecule has 0 unspecified atom stereocenters. The molecule has 0 aliphatic rings. The first-order valence-electron chi connectivity index (χ1n) is 11.4. The number of hydrogen-bond donors (Lipinski definition) is 1. The Morgan fingerprint density at radius 1 is 0.541 bits per heavy atom. The van der Waals surface area contributed by atoms with Crippen molar-refractivity contribution >= 4 is 29.8 Å². The van der Waals surface area contributed by atoms with Crippen LogP contribution in [0, 0.1) is 0 Å². The fourth-order valence-corrected chi connectivity index (χ4v) is 3.29.